The second-order valence-electron chi connectivity index (χ2n) is 5.77. The van der Waals surface area contributed by atoms with Crippen LogP contribution in [0, 0.1) is 0 Å². The third kappa shape index (κ3) is 2.34. The van der Waals surface area contributed by atoms with Gasteiger partial charge in [-0.3, -0.25) is 19.0 Å². The van der Waals surface area contributed by atoms with Crippen molar-refractivity contribution >= 4 is 11.8 Å². The van der Waals surface area contributed by atoms with Crippen LogP contribution in [0.4, 0.5) is 0 Å². The zero-order chi connectivity index (χ0) is 16.7. The Morgan fingerprint density at radius 1 is 1.27 bits per heavy atom. The summed E-state index contributed by atoms with van der Waals surface area (Å²) in [6.07, 6.45) is 1.11. The molecule has 1 aromatic rings. The van der Waals surface area contributed by atoms with E-state index in [4.69, 9.17) is 0 Å². The lowest BCUT2D eigenvalue weighted by Crippen LogP contribution is -2.64. The van der Waals surface area contributed by atoms with Gasteiger partial charge in [-0.25, -0.2) is 4.79 Å². The van der Waals surface area contributed by atoms with Gasteiger partial charge >= 0.3 is 5.69 Å². The number of nitrogens with one attached hydrogen (secondary N) is 1. The molecule has 0 saturated carbocycles. The van der Waals surface area contributed by atoms with Crippen LogP contribution in [0.2, 0.25) is 0 Å². The molecule has 8 nitrogen and oxygen atoms in total. The lowest BCUT2D eigenvalue weighted by Gasteiger charge is -2.45. The van der Waals surface area contributed by atoms with Crippen LogP contribution in [0.25, 0.3) is 0 Å². The van der Waals surface area contributed by atoms with Crippen LogP contribution in [-0.4, -0.2) is 56.3 Å². The molecule has 1 N–H and O–H groups in total. The number of rotatable bonds is 2. The van der Waals surface area contributed by atoms with Crippen LogP contribution in [0.5, 0.6) is 0 Å². The van der Waals surface area contributed by atoms with E-state index in [1.165, 1.54) is 11.9 Å². The second-order valence-corrected chi connectivity index (χ2v) is 5.77. The van der Waals surface area contributed by atoms with E-state index in [1.807, 2.05) is 6.92 Å². The minimum atomic E-state index is -1.04. The van der Waals surface area contributed by atoms with Crippen molar-refractivity contribution in [1.82, 2.24) is 19.4 Å². The Bertz CT molecular complexity index is 731. The van der Waals surface area contributed by atoms with Gasteiger partial charge in [0.15, 0.2) is 0 Å². The number of carbonyl (C=O) groups excluding carboxylic acids is 2. The molecule has 1 saturated heterocycles. The van der Waals surface area contributed by atoms with Crippen molar-refractivity contribution in [3.05, 3.63) is 32.6 Å². The van der Waals surface area contributed by atoms with Gasteiger partial charge in [-0.2, -0.15) is 0 Å². The van der Waals surface area contributed by atoms with Crippen LogP contribution in [-0.2, 0) is 11.8 Å². The quantitative estimate of drug-likeness (QED) is 0.770. The number of likely N-dealkylation sites (N-methyl/N-ethyl adjacent to an activating group) is 1. The standard InChI is InChI=1S/C14H20N4O4/c1-5-17-6-7-18(14(2,3)12(17)21)11(20)9-8-15-13(22)16(4)10(9)19/h8H,5-7H2,1-4H3,(H,15,22). The third-order valence-corrected chi connectivity index (χ3v) is 4.12. The van der Waals surface area contributed by atoms with E-state index in [0.29, 0.717) is 19.6 Å². The summed E-state index contributed by atoms with van der Waals surface area (Å²) in [6, 6.07) is 0. The Morgan fingerprint density at radius 2 is 1.91 bits per heavy atom. The maximum absolute atomic E-state index is 12.7. The fraction of sp³-hybridized carbons (Fsp3) is 0.571. The molecular weight excluding hydrogens is 288 g/mol. The summed E-state index contributed by atoms with van der Waals surface area (Å²) in [5.41, 5.74) is -2.44. The first-order valence-electron chi connectivity index (χ1n) is 7.11. The van der Waals surface area contributed by atoms with Gasteiger partial charge in [0.2, 0.25) is 5.91 Å². The molecule has 2 rings (SSSR count). The van der Waals surface area contributed by atoms with E-state index in [0.717, 1.165) is 10.8 Å². The lowest BCUT2D eigenvalue weighted by atomic mass is 9.96. The van der Waals surface area contributed by atoms with Crippen molar-refractivity contribution in [2.24, 2.45) is 7.05 Å². The first-order valence-corrected chi connectivity index (χ1v) is 7.11. The summed E-state index contributed by atoms with van der Waals surface area (Å²) in [4.78, 5) is 54.0. The molecule has 0 radical (unpaired) electrons. The molecule has 0 bridgehead atoms. The SMILES string of the molecule is CCN1CCN(C(=O)c2c[nH]c(=O)n(C)c2=O)C(C)(C)C1=O. The molecular formula is C14H20N4O4. The molecule has 1 aliphatic rings. The van der Waals surface area contributed by atoms with Crippen molar-refractivity contribution in [1.29, 1.82) is 0 Å². The highest BCUT2D eigenvalue weighted by Crippen LogP contribution is 2.23. The summed E-state index contributed by atoms with van der Waals surface area (Å²) in [5, 5.41) is 0. The van der Waals surface area contributed by atoms with Gasteiger partial charge in [-0.15, -0.1) is 0 Å². The van der Waals surface area contributed by atoms with Gasteiger partial charge in [-0.1, -0.05) is 0 Å². The summed E-state index contributed by atoms with van der Waals surface area (Å²) in [5.74, 6) is -0.707. The highest BCUT2D eigenvalue weighted by atomic mass is 16.2. The Labute approximate surface area is 127 Å². The number of amides is 2. The van der Waals surface area contributed by atoms with Gasteiger partial charge in [0.25, 0.3) is 11.5 Å². The van der Waals surface area contributed by atoms with Crippen molar-refractivity contribution in [2.45, 2.75) is 26.3 Å². The number of carbonyl (C=O) groups is 2. The van der Waals surface area contributed by atoms with E-state index in [1.54, 1.807) is 18.7 Å². The van der Waals surface area contributed by atoms with Crippen molar-refractivity contribution < 1.29 is 9.59 Å². The van der Waals surface area contributed by atoms with Gasteiger partial charge in [0.05, 0.1) is 0 Å². The Kier molecular flexibility index (Phi) is 3.95. The number of nitrogens with zero attached hydrogens (tertiary/aromatic N) is 3. The summed E-state index contributed by atoms with van der Waals surface area (Å²) >= 11 is 0. The molecule has 22 heavy (non-hydrogen) atoms. The van der Waals surface area contributed by atoms with Gasteiger partial charge < -0.3 is 14.8 Å². The largest absolute Gasteiger partial charge is 0.339 e. The fourth-order valence-corrected chi connectivity index (χ4v) is 2.63. The van der Waals surface area contributed by atoms with Crippen LogP contribution >= 0.6 is 0 Å². The number of aromatic nitrogens is 2. The topological polar surface area (TPSA) is 95.5 Å². The maximum atomic E-state index is 12.7. The molecule has 2 heterocycles. The van der Waals surface area contributed by atoms with E-state index in [2.05, 4.69) is 4.98 Å². The monoisotopic (exact) mass is 308 g/mol. The minimum absolute atomic E-state index is 0.145. The van der Waals surface area contributed by atoms with Crippen LogP contribution in [0.15, 0.2) is 15.8 Å². The van der Waals surface area contributed by atoms with E-state index in [-0.39, 0.29) is 11.5 Å². The normalized spacial score (nSPS) is 17.7. The molecule has 0 aromatic carbocycles. The Morgan fingerprint density at radius 3 is 2.50 bits per heavy atom. The number of aromatic amines is 1. The molecule has 1 aliphatic heterocycles. The zero-order valence-electron chi connectivity index (χ0n) is 13.2. The average molecular weight is 308 g/mol. The van der Waals surface area contributed by atoms with E-state index >= 15 is 0 Å². The minimum Gasteiger partial charge on any atom is -0.339 e. The predicted octanol–water partition coefficient (Wildman–Crippen LogP) is -0.843. The van der Waals surface area contributed by atoms with Crippen molar-refractivity contribution in [3.8, 4) is 0 Å². The third-order valence-electron chi connectivity index (χ3n) is 4.12. The Balaban J connectivity index is 2.42. The summed E-state index contributed by atoms with van der Waals surface area (Å²) in [6.45, 7) is 6.53. The van der Waals surface area contributed by atoms with Crippen LogP contribution in [0.3, 0.4) is 0 Å². The summed E-state index contributed by atoms with van der Waals surface area (Å²) < 4.78 is 0.838. The predicted molar refractivity (Wildman–Crippen MR) is 79.7 cm³/mol. The van der Waals surface area contributed by atoms with Gasteiger partial charge in [0.1, 0.15) is 11.1 Å². The molecule has 1 fully saturated rings. The fourth-order valence-electron chi connectivity index (χ4n) is 2.63. The van der Waals surface area contributed by atoms with E-state index in [9.17, 15) is 19.2 Å². The number of piperazine rings is 1. The molecule has 0 spiro atoms. The zero-order valence-corrected chi connectivity index (χ0v) is 13.2. The number of hydrogen-bond acceptors (Lipinski definition) is 4. The second kappa shape index (κ2) is 5.43. The first kappa shape index (κ1) is 16.0. The van der Waals surface area contributed by atoms with Gasteiger partial charge in [-0.05, 0) is 20.8 Å². The van der Waals surface area contributed by atoms with Crippen molar-refractivity contribution in [3.63, 3.8) is 0 Å². The van der Waals surface area contributed by atoms with Crippen LogP contribution < -0.4 is 11.2 Å². The summed E-state index contributed by atoms with van der Waals surface area (Å²) in [7, 11) is 1.29. The highest BCUT2D eigenvalue weighted by Gasteiger charge is 2.44. The molecule has 1 aromatic heterocycles. The molecule has 0 aliphatic carbocycles. The first-order chi connectivity index (χ1) is 10.2. The van der Waals surface area contributed by atoms with Crippen molar-refractivity contribution in [2.75, 3.05) is 19.6 Å². The molecule has 0 unspecified atom stereocenters. The lowest BCUT2D eigenvalue weighted by molar-refractivity contribution is -0.146. The maximum Gasteiger partial charge on any atom is 0.328 e. The smallest absolute Gasteiger partial charge is 0.328 e. The van der Waals surface area contributed by atoms with Crippen LogP contribution in [0.1, 0.15) is 31.1 Å². The molecule has 0 atom stereocenters. The number of hydrogen-bond donors (Lipinski definition) is 1. The van der Waals surface area contributed by atoms with E-state index < -0.39 is 22.7 Å². The molecule has 2 amide bonds. The highest BCUT2D eigenvalue weighted by molar-refractivity contribution is 5.99. The Hall–Kier alpha value is -2.38. The number of H-pyrrole nitrogens is 1. The average Bonchev–Trinajstić information content (AvgIpc) is 2.47. The molecule has 8 heteroatoms. The van der Waals surface area contributed by atoms with Gasteiger partial charge in [0, 0.05) is 32.9 Å². The molecule has 120 valence electrons.